The van der Waals surface area contributed by atoms with Crippen LogP contribution in [-0.2, 0) is 22.5 Å². The maximum atomic E-state index is 10.5. The number of aliphatic hydroxyl groups excluding tert-OH is 1. The van der Waals surface area contributed by atoms with Crippen molar-refractivity contribution in [1.82, 2.24) is 0 Å². The van der Waals surface area contributed by atoms with E-state index in [1.54, 1.807) is 14.2 Å². The van der Waals surface area contributed by atoms with Gasteiger partial charge in [0.05, 0.1) is 34.0 Å². The summed E-state index contributed by atoms with van der Waals surface area (Å²) in [7, 11) is 3.25. The van der Waals surface area contributed by atoms with Gasteiger partial charge in [-0.3, -0.25) is 0 Å². The average molecular weight is 621 g/mol. The molecule has 0 spiro atoms. The highest BCUT2D eigenvalue weighted by atomic mass is 16.7. The number of ether oxygens (including phenoxy) is 5. The maximum absolute atomic E-state index is 10.5. The van der Waals surface area contributed by atoms with Crippen LogP contribution in [0, 0.1) is 13.8 Å². The van der Waals surface area contributed by atoms with Gasteiger partial charge in [0.2, 0.25) is 0 Å². The Hall–Kier alpha value is -3.26. The van der Waals surface area contributed by atoms with Gasteiger partial charge in [-0.1, -0.05) is 35.4 Å². The first-order valence-electron chi connectivity index (χ1n) is 16.2. The lowest BCUT2D eigenvalue weighted by Crippen LogP contribution is -2.37. The van der Waals surface area contributed by atoms with E-state index in [1.807, 2.05) is 32.0 Å². The van der Waals surface area contributed by atoms with Crippen LogP contribution in [0.25, 0.3) is 0 Å². The van der Waals surface area contributed by atoms with E-state index in [2.05, 4.69) is 39.0 Å². The van der Waals surface area contributed by atoms with Crippen molar-refractivity contribution >= 4 is 0 Å². The zero-order valence-electron chi connectivity index (χ0n) is 28.3. The minimum absolute atomic E-state index is 0.188. The lowest BCUT2D eigenvalue weighted by Gasteiger charge is -2.38. The van der Waals surface area contributed by atoms with Crippen LogP contribution >= 0.6 is 0 Å². The van der Waals surface area contributed by atoms with Gasteiger partial charge in [0.1, 0.15) is 17.1 Å². The summed E-state index contributed by atoms with van der Waals surface area (Å²) in [5.41, 5.74) is 7.97. The molecule has 1 unspecified atom stereocenters. The highest BCUT2D eigenvalue weighted by Crippen LogP contribution is 2.44. The molecule has 2 aromatic rings. The molecule has 2 aromatic carbocycles. The number of hydrogen-bond acceptors (Lipinski definition) is 7. The molecule has 0 amide bonds. The van der Waals surface area contributed by atoms with E-state index < -0.39 is 6.29 Å². The topological polar surface area (TPSA) is 86.6 Å². The van der Waals surface area contributed by atoms with E-state index in [9.17, 15) is 10.2 Å². The number of aromatic hydroxyl groups is 1. The van der Waals surface area contributed by atoms with Gasteiger partial charge in [0.15, 0.2) is 17.8 Å². The number of fused-ring (bicyclic) bond motifs is 1. The van der Waals surface area contributed by atoms with Crippen LogP contribution in [0.15, 0.2) is 53.1 Å². The molecular weight excluding hydrogens is 568 g/mol. The molecule has 7 nitrogen and oxygen atoms in total. The minimum atomic E-state index is -0.404. The fraction of sp³-hybridized carbons (Fsp3) is 0.526. The molecule has 2 heterocycles. The molecule has 1 fully saturated rings. The number of hydrogen-bond donors (Lipinski definition) is 2. The molecule has 2 aliphatic rings. The van der Waals surface area contributed by atoms with E-state index in [0.29, 0.717) is 30.3 Å². The third-order valence-electron chi connectivity index (χ3n) is 9.26. The Bertz CT molecular complexity index is 1410. The van der Waals surface area contributed by atoms with Crippen LogP contribution in [0.4, 0.5) is 0 Å². The first kappa shape index (κ1) is 34.6. The Morgan fingerprint density at radius 2 is 1.62 bits per heavy atom. The molecule has 2 aliphatic heterocycles. The summed E-state index contributed by atoms with van der Waals surface area (Å²) >= 11 is 0. The average Bonchev–Trinajstić information content (AvgIpc) is 3.04. The van der Waals surface area contributed by atoms with E-state index in [-0.39, 0.29) is 18.0 Å². The second-order valence-electron chi connectivity index (χ2n) is 12.7. The van der Waals surface area contributed by atoms with E-state index in [4.69, 9.17) is 23.7 Å². The lowest BCUT2D eigenvalue weighted by molar-refractivity contribution is -0.161. The second kappa shape index (κ2) is 15.8. The highest BCUT2D eigenvalue weighted by molar-refractivity contribution is 5.58. The molecule has 4 rings (SSSR count). The molecule has 0 saturated carbocycles. The van der Waals surface area contributed by atoms with Gasteiger partial charge in [-0.15, -0.1) is 0 Å². The van der Waals surface area contributed by atoms with Gasteiger partial charge in [-0.25, -0.2) is 0 Å². The monoisotopic (exact) mass is 620 g/mol. The van der Waals surface area contributed by atoms with Crippen LogP contribution in [0.5, 0.6) is 23.0 Å². The fourth-order valence-electron chi connectivity index (χ4n) is 6.22. The van der Waals surface area contributed by atoms with Crippen LogP contribution in [0.3, 0.4) is 0 Å². The van der Waals surface area contributed by atoms with Gasteiger partial charge < -0.3 is 33.9 Å². The Kier molecular flexibility index (Phi) is 12.2. The molecule has 2 N–H and O–H groups in total. The van der Waals surface area contributed by atoms with Crippen LogP contribution in [0.2, 0.25) is 0 Å². The zero-order valence-corrected chi connectivity index (χ0v) is 28.3. The Balaban J connectivity index is 1.17. The molecule has 0 aromatic heterocycles. The van der Waals surface area contributed by atoms with Crippen molar-refractivity contribution in [1.29, 1.82) is 0 Å². The normalized spacial score (nSPS) is 20.4. The quantitative estimate of drug-likeness (QED) is 0.217. The van der Waals surface area contributed by atoms with Gasteiger partial charge in [-0.2, -0.15) is 0 Å². The van der Waals surface area contributed by atoms with Crippen molar-refractivity contribution in [3.05, 3.63) is 81.0 Å². The number of methoxy groups -OCH3 is 2. The lowest BCUT2D eigenvalue weighted by atomic mass is 9.84. The predicted octanol–water partition coefficient (Wildman–Crippen LogP) is 8.51. The van der Waals surface area contributed by atoms with Crippen LogP contribution in [-0.4, -0.2) is 43.2 Å². The highest BCUT2D eigenvalue weighted by Gasteiger charge is 2.34. The Labute approximate surface area is 269 Å². The SMILES string of the molecule is COc1ccc(C2OCC(=CCC/C(C)=C/CC/C(C)=C/CCC3(C)CCc4c(C)c(O)c(CO)c(C)c4O3)CO2)cc1OC. The summed E-state index contributed by atoms with van der Waals surface area (Å²) in [4.78, 5) is 0. The van der Waals surface area contributed by atoms with Crippen molar-refractivity contribution in [2.24, 2.45) is 0 Å². The van der Waals surface area contributed by atoms with Crippen molar-refractivity contribution in [3.8, 4) is 23.0 Å². The summed E-state index contributed by atoms with van der Waals surface area (Å²) in [6.07, 6.45) is 14.3. The van der Waals surface area contributed by atoms with Crippen molar-refractivity contribution in [2.75, 3.05) is 27.4 Å². The second-order valence-corrected chi connectivity index (χ2v) is 12.7. The molecule has 7 heteroatoms. The Morgan fingerprint density at radius 3 is 2.29 bits per heavy atom. The zero-order chi connectivity index (χ0) is 32.6. The smallest absolute Gasteiger partial charge is 0.184 e. The number of aliphatic hydroxyl groups is 1. The van der Waals surface area contributed by atoms with E-state index in [1.165, 1.54) is 16.7 Å². The number of allylic oxidation sites excluding steroid dienone is 5. The van der Waals surface area contributed by atoms with Crippen LogP contribution in [0.1, 0.15) is 99.8 Å². The largest absolute Gasteiger partial charge is 0.507 e. The van der Waals surface area contributed by atoms with Crippen LogP contribution < -0.4 is 14.2 Å². The summed E-state index contributed by atoms with van der Waals surface area (Å²) in [5, 5.41) is 20.3. The van der Waals surface area contributed by atoms with Gasteiger partial charge in [-0.05, 0) is 109 Å². The summed E-state index contributed by atoms with van der Waals surface area (Å²) in [6, 6.07) is 5.72. The third kappa shape index (κ3) is 8.72. The van der Waals surface area contributed by atoms with E-state index in [0.717, 1.165) is 79.4 Å². The summed E-state index contributed by atoms with van der Waals surface area (Å²) in [5.74, 6) is 2.40. The predicted molar refractivity (Wildman–Crippen MR) is 178 cm³/mol. The molecule has 1 atom stereocenters. The number of phenols is 1. The molecule has 246 valence electrons. The number of rotatable bonds is 13. The van der Waals surface area contributed by atoms with Crippen molar-refractivity contribution in [2.45, 2.75) is 104 Å². The fourth-order valence-corrected chi connectivity index (χ4v) is 6.22. The maximum Gasteiger partial charge on any atom is 0.184 e. The van der Waals surface area contributed by atoms with Crippen molar-refractivity contribution in [3.63, 3.8) is 0 Å². The first-order chi connectivity index (χ1) is 21.6. The minimum Gasteiger partial charge on any atom is -0.507 e. The molecule has 0 bridgehead atoms. The molecule has 0 aliphatic carbocycles. The van der Waals surface area contributed by atoms with Gasteiger partial charge >= 0.3 is 0 Å². The molecular formula is C38H52O7. The number of benzene rings is 2. The summed E-state index contributed by atoms with van der Waals surface area (Å²) < 4.78 is 29.2. The van der Waals surface area contributed by atoms with E-state index >= 15 is 0 Å². The van der Waals surface area contributed by atoms with Crippen molar-refractivity contribution < 1.29 is 33.9 Å². The first-order valence-corrected chi connectivity index (χ1v) is 16.2. The summed E-state index contributed by atoms with van der Waals surface area (Å²) in [6.45, 7) is 11.4. The third-order valence-corrected chi connectivity index (χ3v) is 9.26. The molecule has 45 heavy (non-hydrogen) atoms. The molecule has 1 saturated heterocycles. The molecule has 0 radical (unpaired) electrons. The Morgan fingerprint density at radius 1 is 0.956 bits per heavy atom. The standard InChI is InChI=1S/C38H52O7/c1-25(13-9-15-29-23-43-37(44-24-29)30-16-17-33(41-6)34(21-30)42-7)11-8-12-26(2)14-10-19-38(5)20-18-31-27(3)35(40)32(22-39)28(4)36(31)45-38/h11,14-17,21,37,39-40H,8-10,12-13,18-20,22-24H2,1-7H3/b25-11+,26-14+,29-15?. The van der Waals surface area contributed by atoms with Gasteiger partial charge in [0.25, 0.3) is 0 Å². The van der Waals surface area contributed by atoms with Gasteiger partial charge in [0, 0.05) is 22.3 Å².